The summed E-state index contributed by atoms with van der Waals surface area (Å²) in [4.78, 5) is 21.2. The summed E-state index contributed by atoms with van der Waals surface area (Å²) in [7, 11) is 0. The number of hydrazone groups is 1. The van der Waals surface area contributed by atoms with Crippen LogP contribution >= 0.6 is 0 Å². The number of hydrogen-bond acceptors (Lipinski definition) is 5. The van der Waals surface area contributed by atoms with Gasteiger partial charge in [0.25, 0.3) is 0 Å². The fourth-order valence-corrected chi connectivity index (χ4v) is 1.50. The van der Waals surface area contributed by atoms with Gasteiger partial charge in [0.2, 0.25) is 0 Å². The lowest BCUT2D eigenvalue weighted by Gasteiger charge is -2.13. The van der Waals surface area contributed by atoms with E-state index in [9.17, 15) is 9.59 Å². The predicted octanol–water partition coefficient (Wildman–Crippen LogP) is 1.28. The molecule has 7 nitrogen and oxygen atoms in total. The van der Waals surface area contributed by atoms with Gasteiger partial charge in [-0.3, -0.25) is 14.6 Å². The Morgan fingerprint density at radius 3 is 2.14 bits per heavy atom. The summed E-state index contributed by atoms with van der Waals surface area (Å²) >= 11 is 0. The number of carbonyl (C=O) groups is 2. The van der Waals surface area contributed by atoms with Gasteiger partial charge in [0.1, 0.15) is 18.8 Å². The number of rotatable bonds is 8. The molecule has 0 aliphatic carbocycles. The number of hydrogen-bond donors (Lipinski definition) is 2. The van der Waals surface area contributed by atoms with Gasteiger partial charge in [-0.25, -0.2) is 0 Å². The van der Waals surface area contributed by atoms with E-state index >= 15 is 0 Å². The summed E-state index contributed by atoms with van der Waals surface area (Å²) in [5.74, 6) is -1.57. The molecule has 0 atom stereocenters. The summed E-state index contributed by atoms with van der Waals surface area (Å²) in [5.41, 5.74) is 0.715. The summed E-state index contributed by atoms with van der Waals surface area (Å²) < 4.78 is 5.49. The quantitative estimate of drug-likeness (QED) is 0.553. The van der Waals surface area contributed by atoms with Gasteiger partial charge in [-0.15, -0.1) is 0 Å². The first-order chi connectivity index (χ1) is 9.86. The maximum Gasteiger partial charge on any atom is 0.324 e. The molecule has 114 valence electrons. The molecule has 0 fully saturated rings. The Morgan fingerprint density at radius 2 is 1.71 bits per heavy atom. The third-order valence-electron chi connectivity index (χ3n) is 2.26. The summed E-state index contributed by atoms with van der Waals surface area (Å²) in [6, 6.07) is 7.03. The average Bonchev–Trinajstić information content (AvgIpc) is 2.35. The minimum atomic E-state index is -1.14. The van der Waals surface area contributed by atoms with Crippen molar-refractivity contribution in [2.24, 2.45) is 5.10 Å². The van der Waals surface area contributed by atoms with E-state index < -0.39 is 25.0 Å². The lowest BCUT2D eigenvalue weighted by atomic mass is 10.2. The fraction of sp³-hybridized carbons (Fsp3) is 0.357. The number of aliphatic carboxylic acids is 2. The minimum Gasteiger partial charge on any atom is -0.491 e. The van der Waals surface area contributed by atoms with E-state index in [2.05, 4.69) is 5.10 Å². The Balaban J connectivity index is 2.71. The van der Waals surface area contributed by atoms with Crippen molar-refractivity contribution < 1.29 is 24.5 Å². The normalized spacial score (nSPS) is 10.8. The van der Waals surface area contributed by atoms with Crippen molar-refractivity contribution in [2.45, 2.75) is 20.0 Å². The molecule has 0 saturated heterocycles. The van der Waals surface area contributed by atoms with Gasteiger partial charge in [-0.05, 0) is 43.7 Å². The molecule has 0 bridgehead atoms. The van der Waals surface area contributed by atoms with Gasteiger partial charge in [0.05, 0.1) is 12.3 Å². The van der Waals surface area contributed by atoms with Crippen molar-refractivity contribution in [2.75, 3.05) is 13.1 Å². The zero-order valence-corrected chi connectivity index (χ0v) is 11.9. The highest BCUT2D eigenvalue weighted by atomic mass is 16.5. The number of nitrogens with zero attached hydrogens (tertiary/aromatic N) is 2. The highest BCUT2D eigenvalue weighted by molar-refractivity contribution is 5.80. The van der Waals surface area contributed by atoms with Gasteiger partial charge < -0.3 is 14.9 Å². The second kappa shape index (κ2) is 7.88. The van der Waals surface area contributed by atoms with Crippen LogP contribution in [0.1, 0.15) is 19.4 Å². The minimum absolute atomic E-state index is 0.0751. The molecule has 1 aromatic carbocycles. The molecule has 2 N–H and O–H groups in total. The SMILES string of the molecule is CC(C)Oc1ccc(/C=N\N(CC(=O)O)CC(=O)O)cc1. The molecule has 0 aliphatic rings. The van der Waals surface area contributed by atoms with E-state index in [1.54, 1.807) is 24.3 Å². The van der Waals surface area contributed by atoms with Crippen LogP contribution in [0, 0.1) is 0 Å². The van der Waals surface area contributed by atoms with Crippen LogP contribution in [0.2, 0.25) is 0 Å². The van der Waals surface area contributed by atoms with E-state index in [1.807, 2.05) is 13.8 Å². The largest absolute Gasteiger partial charge is 0.491 e. The first-order valence-electron chi connectivity index (χ1n) is 6.36. The second-order valence-corrected chi connectivity index (χ2v) is 4.59. The van der Waals surface area contributed by atoms with Gasteiger partial charge in [-0.2, -0.15) is 5.10 Å². The first kappa shape index (κ1) is 16.5. The van der Waals surface area contributed by atoms with Crippen LogP contribution in [0.3, 0.4) is 0 Å². The van der Waals surface area contributed by atoms with Crippen molar-refractivity contribution in [1.29, 1.82) is 0 Å². The standard InChI is InChI=1S/C14H18N2O5/c1-10(2)21-12-5-3-11(4-6-12)7-15-16(8-13(17)18)9-14(19)20/h3-7,10H,8-9H2,1-2H3,(H,17,18)(H,19,20)/b15-7-. The maximum atomic E-state index is 10.6. The molecule has 1 rings (SSSR count). The van der Waals surface area contributed by atoms with Crippen molar-refractivity contribution in [3.63, 3.8) is 0 Å². The summed E-state index contributed by atoms with van der Waals surface area (Å²) in [6.07, 6.45) is 1.48. The zero-order chi connectivity index (χ0) is 15.8. The third kappa shape index (κ3) is 6.95. The van der Waals surface area contributed by atoms with Crippen LogP contribution < -0.4 is 4.74 Å². The van der Waals surface area contributed by atoms with Crippen molar-refractivity contribution in [3.05, 3.63) is 29.8 Å². The number of ether oxygens (including phenoxy) is 1. The highest BCUT2D eigenvalue weighted by Crippen LogP contribution is 2.12. The Morgan fingerprint density at radius 1 is 1.19 bits per heavy atom. The summed E-state index contributed by atoms with van der Waals surface area (Å²) in [5, 5.41) is 22.2. The smallest absolute Gasteiger partial charge is 0.324 e. The van der Waals surface area contributed by atoms with Gasteiger partial charge in [0.15, 0.2) is 0 Å². The van der Waals surface area contributed by atoms with Crippen molar-refractivity contribution in [3.8, 4) is 5.75 Å². The Labute approximate surface area is 122 Å². The van der Waals surface area contributed by atoms with Crippen LogP contribution in [-0.4, -0.2) is 52.6 Å². The van der Waals surface area contributed by atoms with Crippen LogP contribution in [0.25, 0.3) is 0 Å². The Hall–Kier alpha value is -2.57. The Kier molecular flexibility index (Phi) is 6.19. The predicted molar refractivity (Wildman–Crippen MR) is 76.6 cm³/mol. The molecule has 0 unspecified atom stereocenters. The molecule has 7 heteroatoms. The maximum absolute atomic E-state index is 10.6. The number of carboxylic acid groups (broad SMARTS) is 2. The van der Waals surface area contributed by atoms with Gasteiger partial charge >= 0.3 is 11.9 Å². The van der Waals surface area contributed by atoms with Crippen LogP contribution in [0.15, 0.2) is 29.4 Å². The molecule has 0 spiro atoms. The molecular formula is C14H18N2O5. The molecule has 0 radical (unpaired) electrons. The molecule has 0 heterocycles. The van der Waals surface area contributed by atoms with Gasteiger partial charge in [-0.1, -0.05) is 0 Å². The molecule has 0 amide bonds. The topological polar surface area (TPSA) is 99.4 Å². The molecule has 0 saturated carbocycles. The molecule has 0 aliphatic heterocycles. The number of benzene rings is 1. The van der Waals surface area contributed by atoms with E-state index in [0.717, 1.165) is 10.8 Å². The summed E-state index contributed by atoms with van der Waals surface area (Å²) in [6.45, 7) is 2.89. The van der Waals surface area contributed by atoms with E-state index in [4.69, 9.17) is 14.9 Å². The van der Waals surface area contributed by atoms with Crippen LogP contribution in [-0.2, 0) is 9.59 Å². The molecule has 0 aromatic heterocycles. The molecular weight excluding hydrogens is 276 g/mol. The first-order valence-corrected chi connectivity index (χ1v) is 6.36. The van der Waals surface area contributed by atoms with E-state index in [1.165, 1.54) is 6.21 Å². The van der Waals surface area contributed by atoms with E-state index in [0.29, 0.717) is 5.56 Å². The van der Waals surface area contributed by atoms with Crippen molar-refractivity contribution >= 4 is 18.2 Å². The monoisotopic (exact) mass is 294 g/mol. The van der Waals surface area contributed by atoms with E-state index in [-0.39, 0.29) is 6.10 Å². The van der Waals surface area contributed by atoms with Gasteiger partial charge in [0, 0.05) is 0 Å². The number of carboxylic acids is 2. The van der Waals surface area contributed by atoms with Crippen LogP contribution in [0.4, 0.5) is 0 Å². The second-order valence-electron chi connectivity index (χ2n) is 4.59. The third-order valence-corrected chi connectivity index (χ3v) is 2.26. The molecule has 1 aromatic rings. The fourth-order valence-electron chi connectivity index (χ4n) is 1.50. The molecule has 21 heavy (non-hydrogen) atoms. The zero-order valence-electron chi connectivity index (χ0n) is 11.9. The highest BCUT2D eigenvalue weighted by Gasteiger charge is 2.10. The van der Waals surface area contributed by atoms with Crippen molar-refractivity contribution in [1.82, 2.24) is 5.01 Å². The average molecular weight is 294 g/mol. The lowest BCUT2D eigenvalue weighted by molar-refractivity contribution is -0.141. The Bertz CT molecular complexity index is 495. The van der Waals surface area contributed by atoms with Crippen LogP contribution in [0.5, 0.6) is 5.75 Å². The lowest BCUT2D eigenvalue weighted by Crippen LogP contribution is -2.30.